The van der Waals surface area contributed by atoms with Crippen LogP contribution in [-0.2, 0) is 0 Å². The Balaban J connectivity index is 0.00000379. The number of nitrogens with two attached hydrogens (primary N) is 1. The zero-order valence-corrected chi connectivity index (χ0v) is 19.6. The van der Waals surface area contributed by atoms with Gasteiger partial charge < -0.3 is 25.4 Å². The molecule has 0 aliphatic rings. The molecular formula is C22H37ClN4O2. The fourth-order valence-electron chi connectivity index (χ4n) is 2.75. The molecule has 1 aromatic rings. The second kappa shape index (κ2) is 14.8. The smallest absolute Gasteiger partial charge is 0.213 e. The fraction of sp³-hybridized carbons (Fsp3) is 0.500. The molecule has 0 aliphatic heterocycles. The van der Waals surface area contributed by atoms with E-state index >= 15 is 0 Å². The molecule has 0 aromatic carbocycles. The maximum Gasteiger partial charge on any atom is 0.213 e. The third-order valence-electron chi connectivity index (χ3n) is 4.07. The molecule has 1 heterocycles. The van der Waals surface area contributed by atoms with E-state index in [2.05, 4.69) is 21.7 Å². The molecule has 0 saturated carbocycles. The summed E-state index contributed by atoms with van der Waals surface area (Å²) in [6, 6.07) is 1.91. The number of ether oxygens (including phenoxy) is 1. The number of methoxy groups -OCH3 is 1. The van der Waals surface area contributed by atoms with Gasteiger partial charge in [-0.1, -0.05) is 38.4 Å². The number of aryl methyl sites for hydroxylation is 1. The van der Waals surface area contributed by atoms with Gasteiger partial charge in [0.15, 0.2) is 0 Å². The molecule has 0 radical (unpaired) electrons. The summed E-state index contributed by atoms with van der Waals surface area (Å²) in [7, 11) is 3.60. The van der Waals surface area contributed by atoms with Crippen molar-refractivity contribution in [2.45, 2.75) is 41.0 Å². The first-order valence-corrected chi connectivity index (χ1v) is 10.3. The van der Waals surface area contributed by atoms with Crippen molar-refractivity contribution in [2.24, 2.45) is 5.73 Å². The van der Waals surface area contributed by atoms with Crippen LogP contribution in [0.3, 0.4) is 0 Å². The summed E-state index contributed by atoms with van der Waals surface area (Å²) >= 11 is 5.92. The first kappa shape index (κ1) is 26.8. The standard InChI is InChI=1S/C20H31ClN4O2.C2H6/c1-6-9-25(18(11-22)17(13-26)8-7-16(3)21)14-24(4)19-12-23-20(27-5)10-15(19)2;1-2/h7-8,10-12,26H,6,9,13-14,22H2,1-5H3;1-2H3/b16-7+,17-8-,18-11-;. The SMILES string of the molecule is CC.CCCN(CN(C)c1cnc(OC)cc1C)C(=C\N)/C(=C\C=C(/C)Cl)CO. The molecule has 0 saturated heterocycles. The number of hydrogen-bond acceptors (Lipinski definition) is 6. The Kier molecular flexibility index (Phi) is 13.7. The first-order chi connectivity index (χ1) is 13.9. The van der Waals surface area contributed by atoms with E-state index in [4.69, 9.17) is 22.1 Å². The summed E-state index contributed by atoms with van der Waals surface area (Å²) in [4.78, 5) is 8.53. The average Bonchev–Trinajstić information content (AvgIpc) is 2.71. The van der Waals surface area contributed by atoms with E-state index in [9.17, 15) is 5.11 Å². The van der Waals surface area contributed by atoms with Crippen molar-refractivity contribution in [3.8, 4) is 5.88 Å². The summed E-state index contributed by atoms with van der Waals surface area (Å²) in [5.74, 6) is 0.589. The summed E-state index contributed by atoms with van der Waals surface area (Å²) in [5.41, 5.74) is 9.47. The summed E-state index contributed by atoms with van der Waals surface area (Å²) in [5, 5.41) is 10.4. The van der Waals surface area contributed by atoms with Crippen LogP contribution in [0.25, 0.3) is 0 Å². The molecule has 0 aliphatic carbocycles. The highest BCUT2D eigenvalue weighted by Gasteiger charge is 2.16. The maximum absolute atomic E-state index is 9.81. The minimum Gasteiger partial charge on any atom is -0.481 e. The molecule has 0 amide bonds. The Morgan fingerprint density at radius 2 is 2.00 bits per heavy atom. The van der Waals surface area contributed by atoms with Crippen molar-refractivity contribution in [2.75, 3.05) is 38.9 Å². The molecule has 0 bridgehead atoms. The lowest BCUT2D eigenvalue weighted by molar-refractivity contribution is 0.306. The van der Waals surface area contributed by atoms with E-state index in [0.717, 1.165) is 29.9 Å². The molecule has 1 rings (SSSR count). The van der Waals surface area contributed by atoms with E-state index in [1.54, 1.807) is 32.4 Å². The molecule has 1 aromatic heterocycles. The van der Waals surface area contributed by atoms with Crippen LogP contribution in [0.2, 0.25) is 0 Å². The van der Waals surface area contributed by atoms with Crippen LogP contribution < -0.4 is 15.4 Å². The Morgan fingerprint density at radius 1 is 1.34 bits per heavy atom. The Bertz CT molecular complexity index is 698. The molecule has 6 nitrogen and oxygen atoms in total. The van der Waals surface area contributed by atoms with Crippen molar-refractivity contribution in [1.29, 1.82) is 0 Å². The number of rotatable bonds is 10. The Hall–Kier alpha value is -2.18. The minimum absolute atomic E-state index is 0.128. The number of allylic oxidation sites excluding steroid dienone is 3. The largest absolute Gasteiger partial charge is 0.481 e. The van der Waals surface area contributed by atoms with Gasteiger partial charge in [0.2, 0.25) is 5.88 Å². The first-order valence-electron chi connectivity index (χ1n) is 9.90. The van der Waals surface area contributed by atoms with Crippen LogP contribution in [0.1, 0.15) is 39.7 Å². The second-order valence-corrected chi connectivity index (χ2v) is 6.87. The lowest BCUT2D eigenvalue weighted by Gasteiger charge is -2.33. The number of aliphatic hydroxyl groups is 1. The lowest BCUT2D eigenvalue weighted by atomic mass is 10.1. The average molecular weight is 425 g/mol. The topological polar surface area (TPSA) is 74.9 Å². The van der Waals surface area contributed by atoms with Crippen LogP contribution >= 0.6 is 11.6 Å². The Morgan fingerprint density at radius 3 is 2.45 bits per heavy atom. The Labute approximate surface area is 181 Å². The molecule has 3 N–H and O–H groups in total. The number of halogens is 1. The van der Waals surface area contributed by atoms with Gasteiger partial charge in [0.1, 0.15) is 0 Å². The van der Waals surface area contributed by atoms with Crippen molar-refractivity contribution in [3.05, 3.63) is 52.5 Å². The van der Waals surface area contributed by atoms with Gasteiger partial charge in [-0.25, -0.2) is 4.98 Å². The third kappa shape index (κ3) is 8.79. The molecule has 0 fully saturated rings. The molecule has 0 atom stereocenters. The predicted molar refractivity (Wildman–Crippen MR) is 124 cm³/mol. The van der Waals surface area contributed by atoms with Gasteiger partial charge in [-0.05, 0) is 31.9 Å². The molecule has 0 unspecified atom stereocenters. The van der Waals surface area contributed by atoms with E-state index in [1.807, 2.05) is 33.9 Å². The second-order valence-electron chi connectivity index (χ2n) is 6.27. The number of aliphatic hydroxyl groups excluding tert-OH is 1. The third-order valence-corrected chi connectivity index (χ3v) is 4.19. The van der Waals surface area contributed by atoms with Gasteiger partial charge in [-0.2, -0.15) is 0 Å². The van der Waals surface area contributed by atoms with Gasteiger partial charge in [0.05, 0.1) is 38.0 Å². The molecular weight excluding hydrogens is 388 g/mol. The van der Waals surface area contributed by atoms with Crippen molar-refractivity contribution < 1.29 is 9.84 Å². The van der Waals surface area contributed by atoms with Crippen LogP contribution in [0, 0.1) is 6.92 Å². The van der Waals surface area contributed by atoms with E-state index < -0.39 is 0 Å². The van der Waals surface area contributed by atoms with Crippen LogP contribution in [0.5, 0.6) is 5.88 Å². The zero-order valence-electron chi connectivity index (χ0n) is 18.9. The van der Waals surface area contributed by atoms with Crippen LogP contribution in [0.15, 0.2) is 46.9 Å². The lowest BCUT2D eigenvalue weighted by Crippen LogP contribution is -2.37. The number of hydrogen-bond donors (Lipinski definition) is 2. The van der Waals surface area contributed by atoms with Crippen LogP contribution in [0.4, 0.5) is 5.69 Å². The number of nitrogens with zero attached hydrogens (tertiary/aromatic N) is 3. The maximum atomic E-state index is 9.81. The highest BCUT2D eigenvalue weighted by molar-refractivity contribution is 6.29. The monoisotopic (exact) mass is 424 g/mol. The quantitative estimate of drug-likeness (QED) is 0.428. The summed E-state index contributed by atoms with van der Waals surface area (Å²) in [6.45, 7) is 11.2. The number of aromatic nitrogens is 1. The predicted octanol–water partition coefficient (Wildman–Crippen LogP) is 4.39. The molecule has 7 heteroatoms. The highest BCUT2D eigenvalue weighted by Crippen LogP contribution is 2.23. The number of pyridine rings is 1. The van der Waals surface area contributed by atoms with Crippen molar-refractivity contribution in [3.63, 3.8) is 0 Å². The summed E-state index contributed by atoms with van der Waals surface area (Å²) < 4.78 is 5.18. The molecule has 0 spiro atoms. The zero-order chi connectivity index (χ0) is 22.4. The van der Waals surface area contributed by atoms with E-state index in [1.165, 1.54) is 6.20 Å². The summed E-state index contributed by atoms with van der Waals surface area (Å²) in [6.07, 6.45) is 7.81. The minimum atomic E-state index is -0.128. The van der Waals surface area contributed by atoms with Gasteiger partial charge >= 0.3 is 0 Å². The van der Waals surface area contributed by atoms with Gasteiger partial charge in [0, 0.05) is 36.5 Å². The van der Waals surface area contributed by atoms with Crippen LogP contribution in [-0.4, -0.2) is 49.0 Å². The highest BCUT2D eigenvalue weighted by atomic mass is 35.5. The van der Waals surface area contributed by atoms with Crippen molar-refractivity contribution >= 4 is 17.3 Å². The van der Waals surface area contributed by atoms with Gasteiger partial charge in [-0.3, -0.25) is 0 Å². The molecule has 29 heavy (non-hydrogen) atoms. The van der Waals surface area contributed by atoms with E-state index in [0.29, 0.717) is 23.2 Å². The van der Waals surface area contributed by atoms with Gasteiger partial charge in [-0.15, -0.1) is 0 Å². The van der Waals surface area contributed by atoms with E-state index in [-0.39, 0.29) is 6.61 Å². The normalized spacial score (nSPS) is 12.2. The molecule has 164 valence electrons. The fourth-order valence-corrected chi connectivity index (χ4v) is 2.82. The van der Waals surface area contributed by atoms with Crippen molar-refractivity contribution in [1.82, 2.24) is 9.88 Å². The van der Waals surface area contributed by atoms with Gasteiger partial charge in [0.25, 0.3) is 0 Å². The number of anilines is 1.